The molecule has 0 saturated carbocycles. The first-order valence-corrected chi connectivity index (χ1v) is 5.94. The first-order chi connectivity index (χ1) is 9.61. The van der Waals surface area contributed by atoms with E-state index >= 15 is 0 Å². The Morgan fingerprint density at radius 3 is 2.50 bits per heavy atom. The Labute approximate surface area is 114 Å². The van der Waals surface area contributed by atoms with Crippen molar-refractivity contribution in [2.24, 2.45) is 0 Å². The van der Waals surface area contributed by atoms with Crippen molar-refractivity contribution in [2.75, 3.05) is 7.11 Å². The second-order valence-electron chi connectivity index (χ2n) is 4.36. The molecule has 100 valence electrons. The van der Waals surface area contributed by atoms with Crippen LogP contribution in [0.2, 0.25) is 0 Å². The summed E-state index contributed by atoms with van der Waals surface area (Å²) < 4.78 is 18.5. The lowest BCUT2D eigenvalue weighted by atomic mass is 10.0. The van der Waals surface area contributed by atoms with E-state index in [2.05, 4.69) is 0 Å². The molecule has 0 saturated heterocycles. The van der Waals surface area contributed by atoms with E-state index in [9.17, 15) is 14.4 Å². The van der Waals surface area contributed by atoms with E-state index in [1.165, 1.54) is 37.4 Å². The third kappa shape index (κ3) is 1.75. The van der Waals surface area contributed by atoms with E-state index in [4.69, 9.17) is 4.74 Å². The topological polar surface area (TPSA) is 52.4 Å². The minimum Gasteiger partial charge on any atom is -0.618 e. The molecule has 0 atom stereocenters. The second-order valence-corrected chi connectivity index (χ2v) is 4.36. The summed E-state index contributed by atoms with van der Waals surface area (Å²) in [6, 6.07) is 9.94. The van der Waals surface area contributed by atoms with Gasteiger partial charge in [-0.1, -0.05) is 0 Å². The first kappa shape index (κ1) is 12.3. The van der Waals surface area contributed by atoms with Gasteiger partial charge in [0.05, 0.1) is 18.7 Å². The van der Waals surface area contributed by atoms with Crippen LogP contribution >= 0.6 is 0 Å². The fraction of sp³-hybridized carbons (Fsp3) is 0.0667. The Kier molecular flexibility index (Phi) is 2.75. The molecule has 0 amide bonds. The van der Waals surface area contributed by atoms with Gasteiger partial charge in [0, 0.05) is 0 Å². The number of ether oxygens (including phenoxy) is 1. The van der Waals surface area contributed by atoms with Gasteiger partial charge in [0.25, 0.3) is 11.5 Å². The third-order valence-corrected chi connectivity index (χ3v) is 3.20. The quantitative estimate of drug-likeness (QED) is 0.623. The number of ketones is 1. The summed E-state index contributed by atoms with van der Waals surface area (Å²) in [4.78, 5) is 12.3. The number of nitrogens with zero attached hydrogens (tertiary/aromatic N) is 1. The Balaban J connectivity index is 2.15. The summed E-state index contributed by atoms with van der Waals surface area (Å²) in [5.74, 6) is -0.293. The van der Waals surface area contributed by atoms with Crippen molar-refractivity contribution in [3.05, 3.63) is 64.6 Å². The van der Waals surface area contributed by atoms with Crippen LogP contribution in [0.4, 0.5) is 10.1 Å². The van der Waals surface area contributed by atoms with E-state index in [0.717, 1.165) is 0 Å². The Morgan fingerprint density at radius 1 is 1.15 bits per heavy atom. The first-order valence-electron chi connectivity index (χ1n) is 5.94. The summed E-state index contributed by atoms with van der Waals surface area (Å²) in [7, 11) is 1.48. The molecule has 20 heavy (non-hydrogen) atoms. The average molecular weight is 271 g/mol. The summed E-state index contributed by atoms with van der Waals surface area (Å²) in [6.45, 7) is 0. The van der Waals surface area contributed by atoms with Gasteiger partial charge in [-0.2, -0.15) is 4.74 Å². The zero-order chi connectivity index (χ0) is 14.3. The van der Waals surface area contributed by atoms with Crippen LogP contribution in [0.3, 0.4) is 0 Å². The molecule has 5 heteroatoms. The second kappa shape index (κ2) is 4.45. The lowest BCUT2D eigenvalue weighted by Crippen LogP contribution is -2.16. The van der Waals surface area contributed by atoms with Gasteiger partial charge < -0.3 is 9.94 Å². The highest BCUT2D eigenvalue weighted by Crippen LogP contribution is 2.31. The SMILES string of the molecule is COc1ccc2c(c1)[N+]([O-])=C(c1ccc(F)cc1)C2=O. The minimum atomic E-state index is -0.420. The van der Waals surface area contributed by atoms with Crippen molar-refractivity contribution in [1.29, 1.82) is 0 Å². The molecule has 3 rings (SSSR count). The molecule has 1 aliphatic heterocycles. The van der Waals surface area contributed by atoms with Gasteiger partial charge in [-0.25, -0.2) is 4.39 Å². The standard InChI is InChI=1S/C15H10FNO3/c1-20-11-6-7-12-13(8-11)17(19)14(15(12)18)9-2-4-10(16)5-3-9/h2-8H,1H3. The molecule has 0 bridgehead atoms. The van der Waals surface area contributed by atoms with Crippen molar-refractivity contribution < 1.29 is 18.7 Å². The predicted octanol–water partition coefficient (Wildman–Crippen LogP) is 2.66. The van der Waals surface area contributed by atoms with Crippen LogP contribution in [-0.2, 0) is 0 Å². The van der Waals surface area contributed by atoms with E-state index in [1.54, 1.807) is 12.1 Å². The number of hydrogen-bond acceptors (Lipinski definition) is 3. The monoisotopic (exact) mass is 271 g/mol. The highest BCUT2D eigenvalue weighted by Gasteiger charge is 2.36. The van der Waals surface area contributed by atoms with Gasteiger partial charge >= 0.3 is 0 Å². The lowest BCUT2D eigenvalue weighted by molar-refractivity contribution is -0.355. The Bertz CT molecular complexity index is 735. The Hall–Kier alpha value is -2.69. The van der Waals surface area contributed by atoms with Crippen molar-refractivity contribution in [3.8, 4) is 5.75 Å². The third-order valence-electron chi connectivity index (χ3n) is 3.20. The van der Waals surface area contributed by atoms with Crippen LogP contribution in [0, 0.1) is 11.0 Å². The molecule has 0 N–H and O–H groups in total. The normalized spacial score (nSPS) is 13.6. The van der Waals surface area contributed by atoms with E-state index in [-0.39, 0.29) is 17.2 Å². The van der Waals surface area contributed by atoms with Crippen LogP contribution in [0.5, 0.6) is 5.75 Å². The van der Waals surface area contributed by atoms with Crippen LogP contribution in [0.15, 0.2) is 42.5 Å². The molecule has 1 aliphatic rings. The maximum Gasteiger partial charge on any atom is 0.272 e. The molecular formula is C15H10FNO3. The van der Waals surface area contributed by atoms with Gasteiger partial charge in [0.1, 0.15) is 17.1 Å². The maximum atomic E-state index is 12.9. The predicted molar refractivity (Wildman–Crippen MR) is 71.1 cm³/mol. The van der Waals surface area contributed by atoms with Crippen LogP contribution in [0.1, 0.15) is 15.9 Å². The average Bonchev–Trinajstić information content (AvgIpc) is 2.72. The number of carbonyl (C=O) groups excluding carboxylic acids is 1. The number of halogens is 1. The van der Waals surface area contributed by atoms with Gasteiger partial charge in [0.15, 0.2) is 0 Å². The molecule has 0 radical (unpaired) electrons. The van der Waals surface area contributed by atoms with Crippen molar-refractivity contribution >= 4 is 17.2 Å². The molecule has 0 aliphatic carbocycles. The van der Waals surface area contributed by atoms with Gasteiger partial charge in [-0.15, -0.1) is 0 Å². The maximum absolute atomic E-state index is 12.9. The number of methoxy groups -OCH3 is 1. The van der Waals surface area contributed by atoms with Crippen molar-refractivity contribution in [1.82, 2.24) is 0 Å². The summed E-state index contributed by atoms with van der Waals surface area (Å²) in [6.07, 6.45) is 0. The molecular weight excluding hydrogens is 261 g/mol. The minimum absolute atomic E-state index is 0.00625. The Morgan fingerprint density at radius 2 is 1.85 bits per heavy atom. The van der Waals surface area contributed by atoms with Gasteiger partial charge in [-0.05, 0) is 36.4 Å². The smallest absolute Gasteiger partial charge is 0.272 e. The van der Waals surface area contributed by atoms with Crippen LogP contribution in [0.25, 0.3) is 0 Å². The zero-order valence-corrected chi connectivity index (χ0v) is 10.6. The summed E-state index contributed by atoms with van der Waals surface area (Å²) >= 11 is 0. The summed E-state index contributed by atoms with van der Waals surface area (Å²) in [5.41, 5.74) is 0.948. The lowest BCUT2D eigenvalue weighted by Gasteiger charge is -2.03. The van der Waals surface area contributed by atoms with Crippen LogP contribution in [-0.4, -0.2) is 23.3 Å². The number of fused-ring (bicyclic) bond motifs is 1. The van der Waals surface area contributed by atoms with E-state index in [0.29, 0.717) is 21.6 Å². The fourth-order valence-corrected chi connectivity index (χ4v) is 2.19. The van der Waals surface area contributed by atoms with Crippen molar-refractivity contribution in [2.45, 2.75) is 0 Å². The number of benzene rings is 2. The largest absolute Gasteiger partial charge is 0.618 e. The highest BCUT2D eigenvalue weighted by atomic mass is 19.1. The zero-order valence-electron chi connectivity index (χ0n) is 10.6. The number of Topliss-reactive ketones (excluding diaryl/α,β-unsaturated/α-hetero) is 1. The molecule has 0 aromatic heterocycles. The molecule has 0 fully saturated rings. The molecule has 1 heterocycles. The summed E-state index contributed by atoms with van der Waals surface area (Å²) in [5, 5.41) is 12.3. The van der Waals surface area contributed by atoms with Gasteiger partial charge in [0.2, 0.25) is 5.69 Å². The van der Waals surface area contributed by atoms with Crippen LogP contribution < -0.4 is 4.74 Å². The molecule has 4 nitrogen and oxygen atoms in total. The molecule has 2 aromatic rings. The molecule has 0 unspecified atom stereocenters. The van der Waals surface area contributed by atoms with Crippen molar-refractivity contribution in [3.63, 3.8) is 0 Å². The molecule has 2 aromatic carbocycles. The number of hydrogen-bond donors (Lipinski definition) is 0. The number of rotatable bonds is 2. The van der Waals surface area contributed by atoms with E-state index < -0.39 is 5.82 Å². The fourth-order valence-electron chi connectivity index (χ4n) is 2.19. The number of carbonyl (C=O) groups is 1. The molecule has 0 spiro atoms. The van der Waals surface area contributed by atoms with Gasteiger partial charge in [-0.3, -0.25) is 4.79 Å². The van der Waals surface area contributed by atoms with E-state index in [1.807, 2.05) is 0 Å². The highest BCUT2D eigenvalue weighted by molar-refractivity contribution is 6.52.